The molecule has 0 aliphatic heterocycles. The van der Waals surface area contributed by atoms with Crippen LogP contribution in [0.4, 0.5) is 0 Å². The highest BCUT2D eigenvalue weighted by molar-refractivity contribution is 5.44. The first-order valence-corrected chi connectivity index (χ1v) is 3.37. The van der Waals surface area contributed by atoms with E-state index in [1.54, 1.807) is 0 Å². The van der Waals surface area contributed by atoms with Gasteiger partial charge in [0.15, 0.2) is 0 Å². The van der Waals surface area contributed by atoms with Gasteiger partial charge in [0.1, 0.15) is 6.29 Å². The molecule has 0 spiro atoms. The molecule has 0 aromatic rings. The maximum atomic E-state index is 8.81. The second kappa shape index (κ2) is 15.6. The molecular formula is C7H17NO. The van der Waals surface area contributed by atoms with Crippen molar-refractivity contribution in [2.24, 2.45) is 0 Å². The number of carbonyl (C=O) groups excluding carboxylic acids is 1. The van der Waals surface area contributed by atoms with Gasteiger partial charge in [0.05, 0.1) is 0 Å². The average molecular weight is 131 g/mol. The molecule has 9 heavy (non-hydrogen) atoms. The summed E-state index contributed by atoms with van der Waals surface area (Å²) in [5, 5.41) is 3.07. The highest BCUT2D eigenvalue weighted by atomic mass is 16.1. The minimum Gasteiger partial charge on any atom is -0.320 e. The third-order valence-electron chi connectivity index (χ3n) is 0.780. The minimum absolute atomic E-state index is 0.750. The summed E-state index contributed by atoms with van der Waals surface area (Å²) in [6, 6.07) is 0. The summed E-state index contributed by atoms with van der Waals surface area (Å²) in [4.78, 5) is 8.81. The summed E-state index contributed by atoms with van der Waals surface area (Å²) in [5.41, 5.74) is 0. The molecular weight excluding hydrogens is 114 g/mol. The number of aldehydes is 1. The van der Waals surface area contributed by atoms with E-state index >= 15 is 0 Å². The SMILES string of the molecule is CC=O.CCCCNC. The molecule has 0 amide bonds. The molecule has 56 valence electrons. The Labute approximate surface area is 57.6 Å². The van der Waals surface area contributed by atoms with Crippen molar-refractivity contribution in [2.75, 3.05) is 13.6 Å². The first-order chi connectivity index (χ1) is 4.33. The number of unbranched alkanes of at least 4 members (excludes halogenated alkanes) is 1. The maximum absolute atomic E-state index is 8.81. The van der Waals surface area contributed by atoms with Crippen LogP contribution < -0.4 is 5.32 Å². The Balaban J connectivity index is 0. The van der Waals surface area contributed by atoms with Crippen molar-refractivity contribution in [3.05, 3.63) is 0 Å². The van der Waals surface area contributed by atoms with Crippen molar-refractivity contribution in [2.45, 2.75) is 26.7 Å². The monoisotopic (exact) mass is 131 g/mol. The van der Waals surface area contributed by atoms with Gasteiger partial charge in [0.25, 0.3) is 0 Å². The Morgan fingerprint density at radius 3 is 2.11 bits per heavy atom. The van der Waals surface area contributed by atoms with Gasteiger partial charge in [-0.1, -0.05) is 13.3 Å². The first kappa shape index (κ1) is 11.4. The van der Waals surface area contributed by atoms with E-state index in [-0.39, 0.29) is 0 Å². The molecule has 0 aromatic heterocycles. The second-order valence-electron chi connectivity index (χ2n) is 1.69. The Hall–Kier alpha value is -0.370. The quantitative estimate of drug-likeness (QED) is 0.461. The Kier molecular flexibility index (Phi) is 19.9. The van der Waals surface area contributed by atoms with Crippen LogP contribution in [0.1, 0.15) is 26.7 Å². The number of hydrogen-bond acceptors (Lipinski definition) is 2. The topological polar surface area (TPSA) is 29.1 Å². The van der Waals surface area contributed by atoms with Crippen LogP contribution in [-0.4, -0.2) is 19.9 Å². The molecule has 2 nitrogen and oxygen atoms in total. The third kappa shape index (κ3) is 35.0. The number of hydrogen-bond donors (Lipinski definition) is 1. The smallest absolute Gasteiger partial charge is 0.116 e. The van der Waals surface area contributed by atoms with Crippen molar-refractivity contribution >= 4 is 6.29 Å². The predicted octanol–water partition coefficient (Wildman–Crippen LogP) is 1.21. The molecule has 0 aromatic carbocycles. The maximum Gasteiger partial charge on any atom is 0.116 e. The number of nitrogens with one attached hydrogen (secondary N) is 1. The summed E-state index contributed by atoms with van der Waals surface area (Å²) in [7, 11) is 1.98. The normalized spacial score (nSPS) is 7.44. The van der Waals surface area contributed by atoms with Crippen LogP contribution in [-0.2, 0) is 4.79 Å². The highest BCUT2D eigenvalue weighted by Crippen LogP contribution is 1.79. The van der Waals surface area contributed by atoms with E-state index in [4.69, 9.17) is 4.79 Å². The van der Waals surface area contributed by atoms with Gasteiger partial charge in [0.2, 0.25) is 0 Å². The summed E-state index contributed by atoms with van der Waals surface area (Å²) >= 11 is 0. The lowest BCUT2D eigenvalue weighted by molar-refractivity contribution is -0.106. The van der Waals surface area contributed by atoms with Crippen LogP contribution in [0.25, 0.3) is 0 Å². The standard InChI is InChI=1S/C5H13N.C2H4O/c1-3-4-5-6-2;1-2-3/h6H,3-5H2,1-2H3;2H,1H3. The van der Waals surface area contributed by atoms with Gasteiger partial charge >= 0.3 is 0 Å². The molecule has 0 saturated heterocycles. The zero-order chi connectivity index (χ0) is 7.54. The van der Waals surface area contributed by atoms with Crippen LogP contribution in [0.2, 0.25) is 0 Å². The summed E-state index contributed by atoms with van der Waals surface area (Å²) in [5.74, 6) is 0. The Bertz CT molecular complexity index is 42.2. The molecule has 0 unspecified atom stereocenters. The molecule has 1 N–H and O–H groups in total. The molecule has 0 radical (unpaired) electrons. The average Bonchev–Trinajstić information content (AvgIpc) is 1.86. The van der Waals surface area contributed by atoms with E-state index in [2.05, 4.69) is 12.2 Å². The molecule has 0 rings (SSSR count). The van der Waals surface area contributed by atoms with Crippen molar-refractivity contribution in [1.82, 2.24) is 5.32 Å². The minimum atomic E-state index is 0.750. The summed E-state index contributed by atoms with van der Waals surface area (Å²) in [6.07, 6.45) is 3.34. The zero-order valence-corrected chi connectivity index (χ0v) is 6.61. The van der Waals surface area contributed by atoms with Gasteiger partial charge in [-0.25, -0.2) is 0 Å². The van der Waals surface area contributed by atoms with Gasteiger partial charge in [-0.05, 0) is 26.9 Å². The molecule has 0 bridgehead atoms. The lowest BCUT2D eigenvalue weighted by atomic mass is 10.3. The lowest BCUT2D eigenvalue weighted by Crippen LogP contribution is -2.06. The fraction of sp³-hybridized carbons (Fsp3) is 0.857. The van der Waals surface area contributed by atoms with E-state index in [1.165, 1.54) is 19.8 Å². The van der Waals surface area contributed by atoms with Gasteiger partial charge in [0, 0.05) is 0 Å². The van der Waals surface area contributed by atoms with Gasteiger partial charge < -0.3 is 10.1 Å². The fourth-order valence-electron chi connectivity index (χ4n) is 0.354. The third-order valence-corrected chi connectivity index (χ3v) is 0.780. The predicted molar refractivity (Wildman–Crippen MR) is 40.6 cm³/mol. The lowest BCUT2D eigenvalue weighted by Gasteiger charge is -1.89. The Morgan fingerprint density at radius 2 is 2.00 bits per heavy atom. The summed E-state index contributed by atoms with van der Waals surface area (Å²) in [6.45, 7) is 4.80. The van der Waals surface area contributed by atoms with Crippen LogP contribution in [0.15, 0.2) is 0 Å². The molecule has 2 heteroatoms. The van der Waals surface area contributed by atoms with Gasteiger partial charge in [-0.3, -0.25) is 0 Å². The van der Waals surface area contributed by atoms with Crippen LogP contribution in [0, 0.1) is 0 Å². The van der Waals surface area contributed by atoms with E-state index in [0.29, 0.717) is 0 Å². The highest BCUT2D eigenvalue weighted by Gasteiger charge is 1.73. The zero-order valence-electron chi connectivity index (χ0n) is 6.61. The molecule has 0 fully saturated rings. The van der Waals surface area contributed by atoms with Gasteiger partial charge in [-0.2, -0.15) is 0 Å². The van der Waals surface area contributed by atoms with E-state index in [0.717, 1.165) is 12.8 Å². The molecule has 0 heterocycles. The van der Waals surface area contributed by atoms with Gasteiger partial charge in [-0.15, -0.1) is 0 Å². The van der Waals surface area contributed by atoms with E-state index in [1.807, 2.05) is 7.05 Å². The molecule has 0 aliphatic rings. The first-order valence-electron chi connectivity index (χ1n) is 3.37. The van der Waals surface area contributed by atoms with Crippen LogP contribution >= 0.6 is 0 Å². The van der Waals surface area contributed by atoms with Crippen LogP contribution in [0.5, 0.6) is 0 Å². The van der Waals surface area contributed by atoms with Crippen molar-refractivity contribution in [3.63, 3.8) is 0 Å². The molecule has 0 atom stereocenters. The van der Waals surface area contributed by atoms with E-state index in [9.17, 15) is 0 Å². The van der Waals surface area contributed by atoms with E-state index < -0.39 is 0 Å². The van der Waals surface area contributed by atoms with Crippen molar-refractivity contribution in [1.29, 1.82) is 0 Å². The van der Waals surface area contributed by atoms with Crippen molar-refractivity contribution in [3.8, 4) is 0 Å². The second-order valence-corrected chi connectivity index (χ2v) is 1.69. The number of rotatable bonds is 3. The fourth-order valence-corrected chi connectivity index (χ4v) is 0.354. The number of carbonyl (C=O) groups is 1. The Morgan fingerprint density at radius 1 is 1.56 bits per heavy atom. The largest absolute Gasteiger partial charge is 0.320 e. The van der Waals surface area contributed by atoms with Crippen molar-refractivity contribution < 1.29 is 4.79 Å². The molecule has 0 saturated carbocycles. The van der Waals surface area contributed by atoms with Crippen LogP contribution in [0.3, 0.4) is 0 Å². The summed E-state index contributed by atoms with van der Waals surface area (Å²) < 4.78 is 0. The molecule has 0 aliphatic carbocycles.